The molecule has 0 fully saturated rings. The average molecular weight is 312 g/mol. The molecule has 1 heterocycles. The van der Waals surface area contributed by atoms with E-state index in [1.807, 2.05) is 25.1 Å². The number of halogens is 2. The summed E-state index contributed by atoms with van der Waals surface area (Å²) in [5, 5.41) is 7.51. The molecule has 0 amide bonds. The van der Waals surface area contributed by atoms with Crippen molar-refractivity contribution in [2.24, 2.45) is 0 Å². The number of rotatable bonds is 2. The van der Waals surface area contributed by atoms with E-state index < -0.39 is 0 Å². The van der Waals surface area contributed by atoms with E-state index in [2.05, 4.69) is 15.6 Å². The van der Waals surface area contributed by atoms with Crippen LogP contribution < -0.4 is 10.6 Å². The van der Waals surface area contributed by atoms with Crippen LogP contribution >= 0.6 is 35.4 Å². The first-order chi connectivity index (χ1) is 9.04. The normalized spacial score (nSPS) is 10.1. The first-order valence-corrected chi connectivity index (χ1v) is 6.68. The minimum atomic E-state index is 0.405. The summed E-state index contributed by atoms with van der Waals surface area (Å²) in [7, 11) is 0. The van der Waals surface area contributed by atoms with Crippen molar-refractivity contribution in [3.05, 3.63) is 52.1 Å². The van der Waals surface area contributed by atoms with E-state index in [-0.39, 0.29) is 0 Å². The number of anilines is 2. The zero-order valence-electron chi connectivity index (χ0n) is 10.1. The summed E-state index contributed by atoms with van der Waals surface area (Å²) >= 11 is 17.2. The quantitative estimate of drug-likeness (QED) is 0.800. The molecule has 19 heavy (non-hydrogen) atoms. The topological polar surface area (TPSA) is 37.0 Å². The molecule has 1 aromatic carbocycles. The summed E-state index contributed by atoms with van der Waals surface area (Å²) in [6.45, 7) is 1.91. The zero-order chi connectivity index (χ0) is 13.8. The van der Waals surface area contributed by atoms with Crippen LogP contribution in [0.15, 0.2) is 36.4 Å². The van der Waals surface area contributed by atoms with E-state index in [1.165, 1.54) is 0 Å². The molecule has 98 valence electrons. The number of nitrogens with one attached hydrogen (secondary N) is 2. The van der Waals surface area contributed by atoms with Gasteiger partial charge in [0.15, 0.2) is 5.11 Å². The van der Waals surface area contributed by atoms with Gasteiger partial charge in [-0.15, -0.1) is 0 Å². The van der Waals surface area contributed by atoms with Crippen LogP contribution in [-0.2, 0) is 0 Å². The maximum atomic E-state index is 6.04. The molecule has 0 bridgehead atoms. The highest BCUT2D eigenvalue weighted by atomic mass is 35.5. The lowest BCUT2D eigenvalue weighted by molar-refractivity contribution is 1.21. The molecular formula is C13H11Cl2N3S. The second kappa shape index (κ2) is 6.19. The Morgan fingerprint density at radius 2 is 1.95 bits per heavy atom. The van der Waals surface area contributed by atoms with Gasteiger partial charge >= 0.3 is 0 Å². The Morgan fingerprint density at radius 3 is 2.68 bits per heavy atom. The maximum Gasteiger partial charge on any atom is 0.176 e. The molecule has 1 aromatic heterocycles. The fourth-order valence-corrected chi connectivity index (χ4v) is 2.03. The molecule has 0 saturated carbocycles. The Kier molecular flexibility index (Phi) is 4.58. The van der Waals surface area contributed by atoms with Gasteiger partial charge in [0.2, 0.25) is 0 Å². The van der Waals surface area contributed by atoms with Gasteiger partial charge < -0.3 is 10.6 Å². The summed E-state index contributed by atoms with van der Waals surface area (Å²) in [5.41, 5.74) is 1.56. The molecule has 6 heteroatoms. The largest absolute Gasteiger partial charge is 0.331 e. The third-order valence-corrected chi connectivity index (χ3v) is 3.08. The molecule has 0 unspecified atom stereocenters. The van der Waals surface area contributed by atoms with Gasteiger partial charge in [0.25, 0.3) is 0 Å². The van der Waals surface area contributed by atoms with Gasteiger partial charge in [-0.05, 0) is 49.5 Å². The molecule has 0 aliphatic heterocycles. The van der Waals surface area contributed by atoms with Crippen molar-refractivity contribution in [2.75, 3.05) is 10.6 Å². The Hall–Kier alpha value is -1.36. The molecule has 3 nitrogen and oxygen atoms in total. The Labute approximate surface area is 127 Å². The van der Waals surface area contributed by atoms with E-state index in [0.29, 0.717) is 26.7 Å². The van der Waals surface area contributed by atoms with Crippen molar-refractivity contribution >= 4 is 52.0 Å². The first kappa shape index (κ1) is 14.1. The predicted molar refractivity (Wildman–Crippen MR) is 85.3 cm³/mol. The minimum absolute atomic E-state index is 0.405. The van der Waals surface area contributed by atoms with Crippen molar-refractivity contribution in [3.8, 4) is 0 Å². The third kappa shape index (κ3) is 4.06. The second-order valence-electron chi connectivity index (χ2n) is 3.87. The molecule has 2 rings (SSSR count). The minimum Gasteiger partial charge on any atom is -0.331 e. The van der Waals surface area contributed by atoms with Gasteiger partial charge in [-0.1, -0.05) is 29.3 Å². The number of hydrogen-bond acceptors (Lipinski definition) is 2. The van der Waals surface area contributed by atoms with Gasteiger partial charge in [0, 0.05) is 10.7 Å². The van der Waals surface area contributed by atoms with Crippen LogP contribution in [0.4, 0.5) is 11.5 Å². The highest BCUT2D eigenvalue weighted by Gasteiger charge is 2.04. The molecule has 2 N–H and O–H groups in total. The molecule has 0 radical (unpaired) electrons. The third-order valence-electron chi connectivity index (χ3n) is 2.31. The van der Waals surface area contributed by atoms with Crippen LogP contribution in [0.2, 0.25) is 10.0 Å². The first-order valence-electron chi connectivity index (χ1n) is 5.51. The number of pyridine rings is 1. The van der Waals surface area contributed by atoms with Gasteiger partial charge in [0.05, 0.1) is 10.7 Å². The Morgan fingerprint density at radius 1 is 1.16 bits per heavy atom. The molecule has 0 spiro atoms. The van der Waals surface area contributed by atoms with E-state index in [9.17, 15) is 0 Å². The molecule has 0 saturated heterocycles. The molecule has 0 aliphatic carbocycles. The van der Waals surface area contributed by atoms with E-state index >= 15 is 0 Å². The number of thiocarbonyl (C=S) groups is 1. The SMILES string of the molecule is Cc1cccc(NC(=S)Nc2cc(Cl)ccc2Cl)n1. The summed E-state index contributed by atoms with van der Waals surface area (Å²) in [6, 6.07) is 10.8. The van der Waals surface area contributed by atoms with Crippen LogP contribution in [0.1, 0.15) is 5.69 Å². The zero-order valence-corrected chi connectivity index (χ0v) is 12.4. The van der Waals surface area contributed by atoms with Gasteiger partial charge in [-0.25, -0.2) is 4.98 Å². The van der Waals surface area contributed by atoms with E-state index in [0.717, 1.165) is 5.69 Å². The monoisotopic (exact) mass is 311 g/mol. The van der Waals surface area contributed by atoms with Crippen LogP contribution in [0.3, 0.4) is 0 Å². The highest BCUT2D eigenvalue weighted by Crippen LogP contribution is 2.25. The van der Waals surface area contributed by atoms with Crippen molar-refractivity contribution in [1.82, 2.24) is 4.98 Å². The van der Waals surface area contributed by atoms with Crippen LogP contribution in [-0.4, -0.2) is 10.1 Å². The number of aromatic nitrogens is 1. The average Bonchev–Trinajstić information content (AvgIpc) is 2.34. The standard InChI is InChI=1S/C13H11Cl2N3S/c1-8-3-2-4-12(16-8)18-13(19)17-11-7-9(14)5-6-10(11)15/h2-7H,1H3,(H2,16,17,18,19). The Bertz CT molecular complexity index is 617. The van der Waals surface area contributed by atoms with E-state index in [1.54, 1.807) is 18.2 Å². The van der Waals surface area contributed by atoms with Crippen molar-refractivity contribution in [1.29, 1.82) is 0 Å². The van der Waals surface area contributed by atoms with Crippen LogP contribution in [0.25, 0.3) is 0 Å². The number of hydrogen-bond donors (Lipinski definition) is 2. The van der Waals surface area contributed by atoms with Crippen LogP contribution in [0.5, 0.6) is 0 Å². The molecule has 0 atom stereocenters. The van der Waals surface area contributed by atoms with Gasteiger partial charge in [-0.3, -0.25) is 0 Å². The van der Waals surface area contributed by atoms with Crippen LogP contribution in [0, 0.1) is 6.92 Å². The summed E-state index contributed by atoms with van der Waals surface area (Å²) < 4.78 is 0. The maximum absolute atomic E-state index is 6.04. The number of nitrogens with zero attached hydrogens (tertiary/aromatic N) is 1. The Balaban J connectivity index is 2.07. The lowest BCUT2D eigenvalue weighted by Gasteiger charge is -2.11. The molecular weight excluding hydrogens is 301 g/mol. The number of benzene rings is 1. The van der Waals surface area contributed by atoms with Crippen molar-refractivity contribution in [2.45, 2.75) is 6.92 Å². The predicted octanol–water partition coefficient (Wildman–Crippen LogP) is 4.51. The van der Waals surface area contributed by atoms with Crippen molar-refractivity contribution in [3.63, 3.8) is 0 Å². The smallest absolute Gasteiger partial charge is 0.176 e. The summed E-state index contributed by atoms with van der Waals surface area (Å²) in [4.78, 5) is 4.30. The van der Waals surface area contributed by atoms with Gasteiger partial charge in [0.1, 0.15) is 5.82 Å². The fraction of sp³-hybridized carbons (Fsp3) is 0.0769. The fourth-order valence-electron chi connectivity index (χ4n) is 1.48. The highest BCUT2D eigenvalue weighted by molar-refractivity contribution is 7.80. The van der Waals surface area contributed by atoms with Gasteiger partial charge in [-0.2, -0.15) is 0 Å². The lowest BCUT2D eigenvalue weighted by atomic mass is 10.3. The summed E-state index contributed by atoms with van der Waals surface area (Å²) in [5.74, 6) is 0.677. The lowest BCUT2D eigenvalue weighted by Crippen LogP contribution is -2.20. The number of aryl methyl sites for hydroxylation is 1. The van der Waals surface area contributed by atoms with Crippen molar-refractivity contribution < 1.29 is 0 Å². The summed E-state index contributed by atoms with van der Waals surface area (Å²) in [6.07, 6.45) is 0. The second-order valence-corrected chi connectivity index (χ2v) is 5.12. The van der Waals surface area contributed by atoms with E-state index in [4.69, 9.17) is 35.4 Å². The molecule has 0 aliphatic rings. The molecule has 2 aromatic rings.